The van der Waals surface area contributed by atoms with Crippen molar-refractivity contribution in [3.63, 3.8) is 0 Å². The van der Waals surface area contributed by atoms with Gasteiger partial charge < -0.3 is 9.84 Å². The topological polar surface area (TPSA) is 51.0 Å². The van der Waals surface area contributed by atoms with Gasteiger partial charge in [-0.05, 0) is 24.8 Å². The molecule has 1 atom stereocenters. The Morgan fingerprint density at radius 1 is 1.42 bits per heavy atom. The summed E-state index contributed by atoms with van der Waals surface area (Å²) in [5.74, 6) is 2.35. The zero-order valence-corrected chi connectivity index (χ0v) is 13.4. The van der Waals surface area contributed by atoms with E-state index in [0.717, 1.165) is 24.0 Å². The number of hydrogen-bond donors (Lipinski definition) is 1. The molecule has 1 aromatic rings. The fourth-order valence-corrected chi connectivity index (χ4v) is 3.04. The Kier molecular flexibility index (Phi) is 4.26. The largest absolute Gasteiger partial charge is 0.338 e. The number of nitrogens with zero attached hydrogens (tertiary/aromatic N) is 2. The summed E-state index contributed by atoms with van der Waals surface area (Å²) >= 11 is 1.84. The highest BCUT2D eigenvalue weighted by Crippen LogP contribution is 2.39. The first kappa shape index (κ1) is 14.9. The van der Waals surface area contributed by atoms with Crippen molar-refractivity contribution in [2.24, 2.45) is 5.41 Å². The highest BCUT2D eigenvalue weighted by Gasteiger charge is 2.36. The van der Waals surface area contributed by atoms with Crippen LogP contribution in [0.1, 0.15) is 65.2 Å². The van der Waals surface area contributed by atoms with Crippen LogP contribution in [0.2, 0.25) is 0 Å². The van der Waals surface area contributed by atoms with Gasteiger partial charge in [-0.1, -0.05) is 39.8 Å². The van der Waals surface area contributed by atoms with Gasteiger partial charge in [-0.3, -0.25) is 0 Å². The normalized spacial score (nSPS) is 23.5. The second kappa shape index (κ2) is 5.44. The van der Waals surface area contributed by atoms with Gasteiger partial charge in [0.2, 0.25) is 5.89 Å². The monoisotopic (exact) mass is 283 g/mol. The van der Waals surface area contributed by atoms with Crippen LogP contribution in [0.4, 0.5) is 0 Å². The van der Waals surface area contributed by atoms with Crippen molar-refractivity contribution >= 4 is 11.8 Å². The molecule has 108 valence electrons. The summed E-state index contributed by atoms with van der Waals surface area (Å²) < 4.78 is 5.69. The van der Waals surface area contributed by atoms with Crippen LogP contribution in [0.3, 0.4) is 0 Å². The van der Waals surface area contributed by atoms with Gasteiger partial charge in [0.1, 0.15) is 0 Å². The van der Waals surface area contributed by atoms with Crippen molar-refractivity contribution < 1.29 is 4.52 Å². The molecule has 1 unspecified atom stereocenters. The maximum absolute atomic E-state index is 5.47. The lowest BCUT2D eigenvalue weighted by molar-refractivity contribution is 0.146. The van der Waals surface area contributed by atoms with Crippen molar-refractivity contribution in [1.82, 2.24) is 15.5 Å². The average Bonchev–Trinajstić information content (AvgIpc) is 2.73. The van der Waals surface area contributed by atoms with Crippen LogP contribution >= 0.6 is 11.8 Å². The van der Waals surface area contributed by atoms with Gasteiger partial charge in [-0.25, -0.2) is 0 Å². The molecule has 0 saturated carbocycles. The standard InChI is InChI=1S/C14H25N3OS/c1-13(2,3)19-9-10-16-12(18-17-10)11-14(4,5)7-6-8-15-11/h11,15H,6-9H2,1-5H3. The van der Waals surface area contributed by atoms with Gasteiger partial charge in [0, 0.05) is 4.75 Å². The molecular formula is C14H25N3OS. The highest BCUT2D eigenvalue weighted by atomic mass is 32.2. The quantitative estimate of drug-likeness (QED) is 0.919. The molecule has 0 amide bonds. The Bertz CT molecular complexity index is 423. The van der Waals surface area contributed by atoms with E-state index in [4.69, 9.17) is 4.52 Å². The second-order valence-electron chi connectivity index (χ2n) is 6.93. The lowest BCUT2D eigenvalue weighted by Gasteiger charge is -2.36. The Hall–Kier alpha value is -0.550. The molecule has 1 N–H and O–H groups in total. The van der Waals surface area contributed by atoms with Crippen LogP contribution in [-0.4, -0.2) is 21.4 Å². The molecule has 0 radical (unpaired) electrons. The molecule has 1 fully saturated rings. The SMILES string of the molecule is CC(C)(C)SCc1noc(C2NCCCC2(C)C)n1. The molecule has 4 nitrogen and oxygen atoms in total. The number of nitrogens with one attached hydrogen (secondary N) is 1. The Balaban J connectivity index is 2.04. The molecule has 1 aliphatic heterocycles. The van der Waals surface area contributed by atoms with Crippen LogP contribution in [0, 0.1) is 5.41 Å². The molecular weight excluding hydrogens is 258 g/mol. The highest BCUT2D eigenvalue weighted by molar-refractivity contribution is 7.99. The minimum absolute atomic E-state index is 0.180. The van der Waals surface area contributed by atoms with E-state index in [2.05, 4.69) is 50.1 Å². The van der Waals surface area contributed by atoms with Crippen molar-refractivity contribution in [3.8, 4) is 0 Å². The summed E-state index contributed by atoms with van der Waals surface area (Å²) in [5.41, 5.74) is 0.180. The third-order valence-corrected chi connectivity index (χ3v) is 4.76. The lowest BCUT2D eigenvalue weighted by atomic mass is 9.77. The Labute approximate surface area is 120 Å². The molecule has 19 heavy (non-hydrogen) atoms. The predicted octanol–water partition coefficient (Wildman–Crippen LogP) is 3.55. The molecule has 1 aliphatic rings. The van der Waals surface area contributed by atoms with E-state index in [1.165, 1.54) is 12.8 Å². The van der Waals surface area contributed by atoms with E-state index in [-0.39, 0.29) is 16.2 Å². The molecule has 2 rings (SSSR count). The van der Waals surface area contributed by atoms with E-state index < -0.39 is 0 Å². The van der Waals surface area contributed by atoms with Crippen molar-refractivity contribution in [3.05, 3.63) is 11.7 Å². The minimum atomic E-state index is 0.180. The molecule has 0 spiro atoms. The maximum Gasteiger partial charge on any atom is 0.244 e. The van der Waals surface area contributed by atoms with Crippen LogP contribution in [-0.2, 0) is 5.75 Å². The average molecular weight is 283 g/mol. The maximum atomic E-state index is 5.47. The summed E-state index contributed by atoms with van der Waals surface area (Å²) in [6.07, 6.45) is 2.41. The number of aromatic nitrogens is 2. The first-order valence-electron chi connectivity index (χ1n) is 6.98. The third-order valence-electron chi connectivity index (χ3n) is 3.49. The Morgan fingerprint density at radius 2 is 2.16 bits per heavy atom. The summed E-state index contributed by atoms with van der Waals surface area (Å²) in [6, 6.07) is 0.183. The molecule has 5 heteroatoms. The van der Waals surface area contributed by atoms with Crippen LogP contribution in [0.5, 0.6) is 0 Å². The van der Waals surface area contributed by atoms with Crippen molar-refractivity contribution in [2.75, 3.05) is 6.54 Å². The molecule has 2 heterocycles. The molecule has 1 saturated heterocycles. The lowest BCUT2D eigenvalue weighted by Crippen LogP contribution is -2.39. The number of hydrogen-bond acceptors (Lipinski definition) is 5. The summed E-state index contributed by atoms with van der Waals surface area (Å²) in [5, 5.41) is 7.62. The predicted molar refractivity (Wildman–Crippen MR) is 79.1 cm³/mol. The van der Waals surface area contributed by atoms with Gasteiger partial charge >= 0.3 is 0 Å². The molecule has 0 bridgehead atoms. The van der Waals surface area contributed by atoms with Crippen LogP contribution in [0.25, 0.3) is 0 Å². The smallest absolute Gasteiger partial charge is 0.244 e. The zero-order chi connectivity index (χ0) is 14.1. The Morgan fingerprint density at radius 3 is 2.79 bits per heavy atom. The van der Waals surface area contributed by atoms with E-state index in [9.17, 15) is 0 Å². The summed E-state index contributed by atoms with van der Waals surface area (Å²) in [6.45, 7) is 12.1. The summed E-state index contributed by atoms with van der Waals surface area (Å²) in [7, 11) is 0. The number of thioether (sulfide) groups is 1. The minimum Gasteiger partial charge on any atom is -0.338 e. The van der Waals surface area contributed by atoms with Gasteiger partial charge in [-0.2, -0.15) is 4.98 Å². The van der Waals surface area contributed by atoms with Gasteiger partial charge in [0.05, 0.1) is 11.8 Å². The van der Waals surface area contributed by atoms with E-state index in [1.54, 1.807) is 0 Å². The van der Waals surface area contributed by atoms with Gasteiger partial charge in [-0.15, -0.1) is 11.8 Å². The van der Waals surface area contributed by atoms with E-state index in [1.807, 2.05) is 11.8 Å². The number of rotatable bonds is 3. The van der Waals surface area contributed by atoms with Crippen LogP contribution < -0.4 is 5.32 Å². The first-order chi connectivity index (χ1) is 8.78. The molecule has 1 aromatic heterocycles. The van der Waals surface area contributed by atoms with Gasteiger partial charge in [0.25, 0.3) is 0 Å². The summed E-state index contributed by atoms with van der Waals surface area (Å²) in [4.78, 5) is 4.57. The molecule has 0 aromatic carbocycles. The van der Waals surface area contributed by atoms with E-state index >= 15 is 0 Å². The second-order valence-corrected chi connectivity index (χ2v) is 8.73. The van der Waals surface area contributed by atoms with E-state index in [0.29, 0.717) is 0 Å². The van der Waals surface area contributed by atoms with Crippen molar-refractivity contribution in [2.45, 2.75) is 64.0 Å². The fourth-order valence-electron chi connectivity index (χ4n) is 2.36. The third kappa shape index (κ3) is 3.96. The first-order valence-corrected chi connectivity index (χ1v) is 7.96. The molecule has 0 aliphatic carbocycles. The zero-order valence-electron chi connectivity index (χ0n) is 12.6. The van der Waals surface area contributed by atoms with Crippen molar-refractivity contribution in [1.29, 1.82) is 0 Å². The van der Waals surface area contributed by atoms with Gasteiger partial charge in [0.15, 0.2) is 5.82 Å². The number of piperidine rings is 1. The van der Waals surface area contributed by atoms with Crippen LogP contribution in [0.15, 0.2) is 4.52 Å². The fraction of sp³-hybridized carbons (Fsp3) is 0.857.